The minimum absolute atomic E-state index is 0.572. The Hall–Kier alpha value is -0.0800. The second-order valence-electron chi connectivity index (χ2n) is 7.82. The van der Waals surface area contributed by atoms with Gasteiger partial charge in [0.2, 0.25) is 0 Å². The van der Waals surface area contributed by atoms with E-state index in [-0.39, 0.29) is 0 Å². The van der Waals surface area contributed by atoms with Crippen molar-refractivity contribution < 1.29 is 0 Å². The predicted octanol–water partition coefficient (Wildman–Crippen LogP) is 3.91. The van der Waals surface area contributed by atoms with Crippen molar-refractivity contribution in [2.45, 2.75) is 65.7 Å². The summed E-state index contributed by atoms with van der Waals surface area (Å²) < 4.78 is 0. The van der Waals surface area contributed by atoms with Crippen LogP contribution in [0.25, 0.3) is 0 Å². The Morgan fingerprint density at radius 1 is 1.00 bits per heavy atom. The van der Waals surface area contributed by atoms with E-state index in [1.165, 1.54) is 77.7 Å². The molecule has 1 aliphatic heterocycles. The maximum Gasteiger partial charge on any atom is 0.00501 e. The average molecular weight is 280 g/mol. The van der Waals surface area contributed by atoms with Crippen molar-refractivity contribution in [3.63, 3.8) is 0 Å². The molecule has 0 aromatic heterocycles. The Balaban J connectivity index is 1.88. The van der Waals surface area contributed by atoms with Crippen molar-refractivity contribution in [1.82, 2.24) is 10.2 Å². The quantitative estimate of drug-likeness (QED) is 0.742. The summed E-state index contributed by atoms with van der Waals surface area (Å²) in [4.78, 5) is 2.77. The number of rotatable bonds is 6. The molecule has 0 aromatic rings. The molecule has 0 amide bonds. The van der Waals surface area contributed by atoms with Gasteiger partial charge in [-0.25, -0.2) is 0 Å². The summed E-state index contributed by atoms with van der Waals surface area (Å²) in [7, 11) is 0. The third kappa shape index (κ3) is 4.73. The highest BCUT2D eigenvalue weighted by Gasteiger charge is 2.36. The topological polar surface area (TPSA) is 15.3 Å². The first-order valence-corrected chi connectivity index (χ1v) is 9.06. The van der Waals surface area contributed by atoms with Gasteiger partial charge in [-0.3, -0.25) is 0 Å². The number of nitrogens with one attached hydrogen (secondary N) is 1. The van der Waals surface area contributed by atoms with Gasteiger partial charge >= 0.3 is 0 Å². The van der Waals surface area contributed by atoms with Crippen LogP contribution in [0.3, 0.4) is 0 Å². The number of nitrogens with zero attached hydrogens (tertiary/aromatic N) is 1. The molecule has 0 aromatic carbocycles. The summed E-state index contributed by atoms with van der Waals surface area (Å²) in [6, 6.07) is 0. The standard InChI is InChI=1S/C18H36N2/c1-4-11-19-14-18(9-5-16(2)6-10-18)15-20-12-7-17(3)8-13-20/h16-17,19H,4-15H2,1-3H3. The van der Waals surface area contributed by atoms with Gasteiger partial charge in [0, 0.05) is 13.1 Å². The van der Waals surface area contributed by atoms with Gasteiger partial charge < -0.3 is 10.2 Å². The van der Waals surface area contributed by atoms with E-state index >= 15 is 0 Å². The van der Waals surface area contributed by atoms with Crippen molar-refractivity contribution in [3.05, 3.63) is 0 Å². The summed E-state index contributed by atoms with van der Waals surface area (Å²) >= 11 is 0. The van der Waals surface area contributed by atoms with Crippen LogP contribution in [0.2, 0.25) is 0 Å². The zero-order valence-corrected chi connectivity index (χ0v) is 14.1. The van der Waals surface area contributed by atoms with Gasteiger partial charge in [0.05, 0.1) is 0 Å². The minimum Gasteiger partial charge on any atom is -0.316 e. The van der Waals surface area contributed by atoms with E-state index < -0.39 is 0 Å². The average Bonchev–Trinajstić information content (AvgIpc) is 2.45. The molecule has 2 rings (SSSR count). The first-order valence-electron chi connectivity index (χ1n) is 9.06. The summed E-state index contributed by atoms with van der Waals surface area (Å²) in [6.07, 6.45) is 9.85. The van der Waals surface area contributed by atoms with Gasteiger partial charge in [-0.05, 0) is 69.0 Å². The van der Waals surface area contributed by atoms with Crippen LogP contribution in [-0.4, -0.2) is 37.6 Å². The van der Waals surface area contributed by atoms with Crippen molar-refractivity contribution in [1.29, 1.82) is 0 Å². The van der Waals surface area contributed by atoms with Gasteiger partial charge in [-0.1, -0.05) is 33.6 Å². The van der Waals surface area contributed by atoms with Crippen LogP contribution in [-0.2, 0) is 0 Å². The first-order chi connectivity index (χ1) is 9.63. The molecule has 1 aliphatic carbocycles. The maximum absolute atomic E-state index is 3.73. The van der Waals surface area contributed by atoms with Crippen LogP contribution in [0.1, 0.15) is 65.7 Å². The normalized spacial score (nSPS) is 33.5. The minimum atomic E-state index is 0.572. The number of hydrogen-bond acceptors (Lipinski definition) is 2. The maximum atomic E-state index is 3.73. The van der Waals surface area contributed by atoms with E-state index in [1.54, 1.807) is 0 Å². The van der Waals surface area contributed by atoms with E-state index in [2.05, 4.69) is 31.0 Å². The molecule has 0 spiro atoms. The molecule has 0 radical (unpaired) electrons. The Kier molecular flexibility index (Phi) is 6.35. The van der Waals surface area contributed by atoms with Gasteiger partial charge in [0.1, 0.15) is 0 Å². The highest BCUT2D eigenvalue weighted by atomic mass is 15.1. The number of likely N-dealkylation sites (tertiary alicyclic amines) is 1. The van der Waals surface area contributed by atoms with Gasteiger partial charge in [-0.15, -0.1) is 0 Å². The third-order valence-corrected chi connectivity index (χ3v) is 5.70. The summed E-state index contributed by atoms with van der Waals surface area (Å²) in [5, 5.41) is 3.73. The molecule has 1 heterocycles. The van der Waals surface area contributed by atoms with E-state index in [1.807, 2.05) is 0 Å². The lowest BCUT2D eigenvalue weighted by atomic mass is 9.70. The second-order valence-corrected chi connectivity index (χ2v) is 7.82. The molecule has 118 valence electrons. The molecule has 2 heteroatoms. The van der Waals surface area contributed by atoms with Crippen LogP contribution in [0.4, 0.5) is 0 Å². The third-order valence-electron chi connectivity index (χ3n) is 5.70. The lowest BCUT2D eigenvalue weighted by Crippen LogP contribution is -2.48. The summed E-state index contributed by atoms with van der Waals surface area (Å²) in [5.74, 6) is 1.91. The molecule has 2 nitrogen and oxygen atoms in total. The van der Waals surface area contributed by atoms with Crippen molar-refractivity contribution in [3.8, 4) is 0 Å². The lowest BCUT2D eigenvalue weighted by molar-refractivity contribution is 0.0682. The Morgan fingerprint density at radius 3 is 2.20 bits per heavy atom. The highest BCUT2D eigenvalue weighted by Crippen LogP contribution is 2.39. The molecule has 20 heavy (non-hydrogen) atoms. The molecular weight excluding hydrogens is 244 g/mol. The highest BCUT2D eigenvalue weighted by molar-refractivity contribution is 4.90. The van der Waals surface area contributed by atoms with E-state index in [4.69, 9.17) is 0 Å². The zero-order chi connectivity index (χ0) is 14.4. The second kappa shape index (κ2) is 7.79. The fraction of sp³-hybridized carbons (Fsp3) is 1.00. The zero-order valence-electron chi connectivity index (χ0n) is 14.1. The van der Waals surface area contributed by atoms with Crippen molar-refractivity contribution in [2.75, 3.05) is 32.7 Å². The van der Waals surface area contributed by atoms with E-state index in [0.29, 0.717) is 5.41 Å². The van der Waals surface area contributed by atoms with E-state index in [9.17, 15) is 0 Å². The first kappa shape index (κ1) is 16.3. The van der Waals surface area contributed by atoms with Crippen molar-refractivity contribution in [2.24, 2.45) is 17.3 Å². The lowest BCUT2D eigenvalue weighted by Gasteiger charge is -2.44. The SMILES string of the molecule is CCCNCC1(CN2CCC(C)CC2)CCC(C)CC1. The fourth-order valence-electron chi connectivity index (χ4n) is 3.99. The largest absolute Gasteiger partial charge is 0.316 e. The number of piperidine rings is 1. The molecule has 2 aliphatic rings. The smallest absolute Gasteiger partial charge is 0.00501 e. The van der Waals surface area contributed by atoms with Crippen LogP contribution in [0, 0.1) is 17.3 Å². The Bertz CT molecular complexity index is 261. The van der Waals surface area contributed by atoms with Gasteiger partial charge in [0.25, 0.3) is 0 Å². The molecular formula is C18H36N2. The molecule has 0 unspecified atom stereocenters. The van der Waals surface area contributed by atoms with E-state index in [0.717, 1.165) is 11.8 Å². The van der Waals surface area contributed by atoms with Crippen LogP contribution >= 0.6 is 0 Å². The molecule has 0 atom stereocenters. The molecule has 0 bridgehead atoms. The molecule has 2 fully saturated rings. The fourth-order valence-corrected chi connectivity index (χ4v) is 3.99. The molecule has 1 saturated carbocycles. The van der Waals surface area contributed by atoms with Crippen LogP contribution in [0.5, 0.6) is 0 Å². The van der Waals surface area contributed by atoms with Gasteiger partial charge in [0.15, 0.2) is 0 Å². The van der Waals surface area contributed by atoms with Crippen molar-refractivity contribution >= 4 is 0 Å². The van der Waals surface area contributed by atoms with Crippen LogP contribution < -0.4 is 5.32 Å². The summed E-state index contributed by atoms with van der Waals surface area (Å²) in [5.41, 5.74) is 0.572. The number of hydrogen-bond donors (Lipinski definition) is 1. The molecule has 1 N–H and O–H groups in total. The van der Waals surface area contributed by atoms with Gasteiger partial charge in [-0.2, -0.15) is 0 Å². The predicted molar refractivity (Wildman–Crippen MR) is 88.1 cm³/mol. The Labute approximate surface area is 126 Å². The monoisotopic (exact) mass is 280 g/mol. The molecule has 1 saturated heterocycles. The van der Waals surface area contributed by atoms with Crippen LogP contribution in [0.15, 0.2) is 0 Å². The summed E-state index contributed by atoms with van der Waals surface area (Å²) in [6.45, 7) is 13.6. The Morgan fingerprint density at radius 2 is 1.60 bits per heavy atom.